The van der Waals surface area contributed by atoms with Gasteiger partial charge in [0, 0.05) is 6.42 Å². The lowest BCUT2D eigenvalue weighted by molar-refractivity contribution is -0.116. The summed E-state index contributed by atoms with van der Waals surface area (Å²) >= 11 is 6.13. The molecular formula is C13H15ClO2. The molecule has 0 aliphatic carbocycles. The fourth-order valence-electron chi connectivity index (χ4n) is 1.27. The topological polar surface area (TPSA) is 26.3 Å². The molecule has 0 aromatic heterocycles. The maximum Gasteiger partial charge on any atom is 0.138 e. The third-order valence-corrected chi connectivity index (χ3v) is 2.39. The van der Waals surface area contributed by atoms with Crippen LogP contribution in [0.25, 0.3) is 0 Å². The highest BCUT2D eigenvalue weighted by Crippen LogP contribution is 2.28. The maximum atomic E-state index is 11.0. The van der Waals surface area contributed by atoms with Crippen molar-refractivity contribution < 1.29 is 9.53 Å². The van der Waals surface area contributed by atoms with E-state index in [1.54, 1.807) is 6.07 Å². The van der Waals surface area contributed by atoms with Gasteiger partial charge in [-0.05, 0) is 31.1 Å². The van der Waals surface area contributed by atoms with Crippen LogP contribution in [0.1, 0.15) is 19.4 Å². The Hall–Kier alpha value is -1.28. The van der Waals surface area contributed by atoms with Crippen LogP contribution in [0.15, 0.2) is 30.4 Å². The van der Waals surface area contributed by atoms with Gasteiger partial charge in [-0.2, -0.15) is 0 Å². The molecule has 0 atom stereocenters. The minimum atomic E-state index is 0.0824. The van der Waals surface area contributed by atoms with Crippen molar-refractivity contribution in [3.05, 3.63) is 40.9 Å². The Morgan fingerprint density at radius 2 is 2.12 bits per heavy atom. The molecule has 0 amide bonds. The minimum absolute atomic E-state index is 0.0824. The summed E-state index contributed by atoms with van der Waals surface area (Å²) in [5.74, 6) is 0.683. The molecule has 0 unspecified atom stereocenters. The van der Waals surface area contributed by atoms with Crippen molar-refractivity contribution in [2.24, 2.45) is 0 Å². The molecule has 86 valence electrons. The second-order valence-corrected chi connectivity index (χ2v) is 4.23. The Balaban J connectivity index is 2.85. The first-order valence-corrected chi connectivity index (χ1v) is 5.42. The fourth-order valence-corrected chi connectivity index (χ4v) is 1.52. The molecule has 0 fully saturated rings. The molecule has 0 spiro atoms. The van der Waals surface area contributed by atoms with E-state index in [9.17, 15) is 4.79 Å². The molecule has 3 heteroatoms. The number of rotatable bonds is 5. The molecule has 1 aromatic rings. The summed E-state index contributed by atoms with van der Waals surface area (Å²) in [4.78, 5) is 11.0. The van der Waals surface area contributed by atoms with Crippen LogP contribution >= 0.6 is 11.6 Å². The van der Waals surface area contributed by atoms with Crippen molar-refractivity contribution in [2.75, 3.05) is 6.61 Å². The number of hydrogen-bond donors (Lipinski definition) is 0. The van der Waals surface area contributed by atoms with Gasteiger partial charge < -0.3 is 4.74 Å². The summed E-state index contributed by atoms with van der Waals surface area (Å²) < 4.78 is 5.48. The van der Waals surface area contributed by atoms with E-state index in [2.05, 4.69) is 6.58 Å². The molecule has 0 N–H and O–H groups in total. The average molecular weight is 239 g/mol. The molecule has 0 heterocycles. The zero-order valence-corrected chi connectivity index (χ0v) is 10.3. The number of carbonyl (C=O) groups is 1. The normalized spacial score (nSPS) is 9.94. The summed E-state index contributed by atoms with van der Waals surface area (Å²) in [5.41, 5.74) is 1.72. The molecule has 1 aromatic carbocycles. The summed E-state index contributed by atoms with van der Waals surface area (Å²) in [5, 5.41) is 0.513. The predicted octanol–water partition coefficient (Wildman–Crippen LogP) is 3.43. The van der Waals surface area contributed by atoms with E-state index >= 15 is 0 Å². The van der Waals surface area contributed by atoms with Crippen molar-refractivity contribution in [1.82, 2.24) is 0 Å². The molecule has 0 radical (unpaired) electrons. The van der Waals surface area contributed by atoms with Crippen molar-refractivity contribution in [3.63, 3.8) is 0 Å². The van der Waals surface area contributed by atoms with E-state index < -0.39 is 0 Å². The molecular weight excluding hydrogens is 224 g/mol. The Labute approximate surface area is 101 Å². The highest BCUT2D eigenvalue weighted by atomic mass is 35.5. The van der Waals surface area contributed by atoms with Gasteiger partial charge in [0.25, 0.3) is 0 Å². The molecule has 0 bridgehead atoms. The first kappa shape index (κ1) is 12.8. The van der Waals surface area contributed by atoms with Gasteiger partial charge in [0.15, 0.2) is 0 Å². The van der Waals surface area contributed by atoms with Gasteiger partial charge in [0.1, 0.15) is 18.1 Å². The van der Waals surface area contributed by atoms with Crippen LogP contribution in [0.3, 0.4) is 0 Å². The quantitative estimate of drug-likeness (QED) is 0.735. The third kappa shape index (κ3) is 3.70. The molecule has 1 rings (SSSR count). The number of ketones is 1. The number of hydrogen-bond acceptors (Lipinski definition) is 2. The molecule has 0 aliphatic heterocycles. The van der Waals surface area contributed by atoms with Crippen LogP contribution in [0.2, 0.25) is 5.02 Å². The highest BCUT2D eigenvalue weighted by Gasteiger charge is 2.08. The summed E-state index contributed by atoms with van der Waals surface area (Å²) in [6.45, 7) is 7.60. The standard InChI is InChI=1S/C13H15ClO2/c1-9(2)8-16-12-6-4-5-11(13(12)14)7-10(3)15/h4-6H,1,7-8H2,2-3H3. The smallest absolute Gasteiger partial charge is 0.138 e. The number of halogens is 1. The monoisotopic (exact) mass is 238 g/mol. The van der Waals surface area contributed by atoms with Crippen molar-refractivity contribution in [3.8, 4) is 5.75 Å². The van der Waals surface area contributed by atoms with Crippen LogP contribution in [0.4, 0.5) is 0 Å². The van der Waals surface area contributed by atoms with Crippen molar-refractivity contribution in [1.29, 1.82) is 0 Å². The molecule has 0 aliphatic rings. The van der Waals surface area contributed by atoms with Crippen LogP contribution in [0, 0.1) is 0 Å². The SMILES string of the molecule is C=C(C)COc1cccc(CC(C)=O)c1Cl. The predicted molar refractivity (Wildman–Crippen MR) is 66.1 cm³/mol. The second kappa shape index (κ2) is 5.71. The van der Waals surface area contributed by atoms with E-state index in [1.165, 1.54) is 6.92 Å². The second-order valence-electron chi connectivity index (χ2n) is 3.85. The van der Waals surface area contributed by atoms with Crippen LogP contribution in [0.5, 0.6) is 5.75 Å². The van der Waals surface area contributed by atoms with E-state index in [0.717, 1.165) is 11.1 Å². The molecule has 0 saturated carbocycles. The summed E-state index contributed by atoms with van der Waals surface area (Å²) in [6, 6.07) is 5.45. The lowest BCUT2D eigenvalue weighted by Gasteiger charge is -2.10. The zero-order valence-electron chi connectivity index (χ0n) is 9.55. The number of benzene rings is 1. The van der Waals surface area contributed by atoms with Gasteiger partial charge in [-0.15, -0.1) is 0 Å². The molecule has 0 saturated heterocycles. The Kier molecular flexibility index (Phi) is 4.56. The van der Waals surface area contributed by atoms with Gasteiger partial charge >= 0.3 is 0 Å². The van der Waals surface area contributed by atoms with E-state index in [1.807, 2.05) is 19.1 Å². The lowest BCUT2D eigenvalue weighted by atomic mass is 10.1. The zero-order chi connectivity index (χ0) is 12.1. The number of carbonyl (C=O) groups excluding carboxylic acids is 1. The molecule has 2 nitrogen and oxygen atoms in total. The first-order valence-electron chi connectivity index (χ1n) is 5.04. The van der Waals surface area contributed by atoms with E-state index in [0.29, 0.717) is 23.8 Å². The largest absolute Gasteiger partial charge is 0.488 e. The highest BCUT2D eigenvalue weighted by molar-refractivity contribution is 6.33. The van der Waals surface area contributed by atoms with E-state index in [-0.39, 0.29) is 5.78 Å². The Bertz CT molecular complexity index is 410. The van der Waals surface area contributed by atoms with Gasteiger partial charge in [0.05, 0.1) is 5.02 Å². The average Bonchev–Trinajstić information content (AvgIpc) is 2.18. The van der Waals surface area contributed by atoms with Crippen molar-refractivity contribution in [2.45, 2.75) is 20.3 Å². The van der Waals surface area contributed by atoms with Crippen LogP contribution in [-0.4, -0.2) is 12.4 Å². The van der Waals surface area contributed by atoms with Crippen LogP contribution in [-0.2, 0) is 11.2 Å². The third-order valence-electron chi connectivity index (χ3n) is 1.96. The maximum absolute atomic E-state index is 11.0. The van der Waals surface area contributed by atoms with Crippen molar-refractivity contribution >= 4 is 17.4 Å². The van der Waals surface area contributed by atoms with Crippen LogP contribution < -0.4 is 4.74 Å². The molecule has 16 heavy (non-hydrogen) atoms. The fraction of sp³-hybridized carbons (Fsp3) is 0.308. The summed E-state index contributed by atoms with van der Waals surface area (Å²) in [6.07, 6.45) is 0.336. The van der Waals surface area contributed by atoms with Gasteiger partial charge in [-0.25, -0.2) is 0 Å². The number of Topliss-reactive ketones (excluding diaryl/α,β-unsaturated/α-hetero) is 1. The first-order chi connectivity index (χ1) is 7.50. The van der Waals surface area contributed by atoms with Gasteiger partial charge in [-0.1, -0.05) is 30.3 Å². The number of ether oxygens (including phenoxy) is 1. The van der Waals surface area contributed by atoms with Gasteiger partial charge in [0.2, 0.25) is 0 Å². The Morgan fingerprint density at radius 1 is 1.44 bits per heavy atom. The van der Waals surface area contributed by atoms with E-state index in [4.69, 9.17) is 16.3 Å². The Morgan fingerprint density at radius 3 is 2.69 bits per heavy atom. The minimum Gasteiger partial charge on any atom is -0.488 e. The lowest BCUT2D eigenvalue weighted by Crippen LogP contribution is -2.01. The van der Waals surface area contributed by atoms with Gasteiger partial charge in [-0.3, -0.25) is 4.79 Å². The summed E-state index contributed by atoms with van der Waals surface area (Å²) in [7, 11) is 0.